The van der Waals surface area contributed by atoms with Crippen LogP contribution in [0.3, 0.4) is 0 Å². The van der Waals surface area contributed by atoms with Gasteiger partial charge in [-0.25, -0.2) is 4.98 Å². The summed E-state index contributed by atoms with van der Waals surface area (Å²) in [5.41, 5.74) is 4.58. The zero-order valence-corrected chi connectivity index (χ0v) is 21.1. The SMILES string of the molecule is COc1cc(C(=O)NCCO)ccc1Nc1nc2c(c(OC3CC3)n1)C(c1ccc3nc(C)oc3c1)CN2. The number of aryl methyl sites for hydroxylation is 1. The number of methoxy groups -OCH3 is 1. The van der Waals surface area contributed by atoms with Gasteiger partial charge >= 0.3 is 0 Å². The molecule has 1 aliphatic heterocycles. The smallest absolute Gasteiger partial charge is 0.251 e. The number of fused-ring (bicyclic) bond motifs is 2. The van der Waals surface area contributed by atoms with Crippen LogP contribution in [0.5, 0.6) is 11.6 Å². The van der Waals surface area contributed by atoms with E-state index < -0.39 is 0 Å². The van der Waals surface area contributed by atoms with Crippen molar-refractivity contribution >= 4 is 34.5 Å². The minimum atomic E-state index is -0.299. The molecular formula is C27H28N6O5. The summed E-state index contributed by atoms with van der Waals surface area (Å²) in [6.45, 7) is 2.53. The molecule has 1 unspecified atom stereocenters. The highest BCUT2D eigenvalue weighted by atomic mass is 16.5. The fourth-order valence-electron chi connectivity index (χ4n) is 4.57. The van der Waals surface area contributed by atoms with E-state index in [1.54, 1.807) is 18.2 Å². The highest BCUT2D eigenvalue weighted by Gasteiger charge is 2.34. The van der Waals surface area contributed by atoms with Crippen LogP contribution < -0.4 is 25.4 Å². The van der Waals surface area contributed by atoms with Gasteiger partial charge in [0.05, 0.1) is 25.0 Å². The third-order valence-corrected chi connectivity index (χ3v) is 6.56. The van der Waals surface area contributed by atoms with Crippen molar-refractivity contribution in [3.8, 4) is 11.6 Å². The molecule has 2 aromatic carbocycles. The van der Waals surface area contributed by atoms with Gasteiger partial charge in [-0.1, -0.05) is 6.07 Å². The number of anilines is 3. The quantitative estimate of drug-likeness (QED) is 0.261. The molecule has 0 radical (unpaired) electrons. The van der Waals surface area contributed by atoms with Crippen LogP contribution in [0.2, 0.25) is 0 Å². The fourth-order valence-corrected chi connectivity index (χ4v) is 4.57. The normalized spacial score (nSPS) is 16.1. The Bertz CT molecular complexity index is 1520. The molecule has 2 aromatic heterocycles. The minimum absolute atomic E-state index is 0.00569. The van der Waals surface area contributed by atoms with Crippen LogP contribution in [0, 0.1) is 6.92 Å². The fraction of sp³-hybridized carbons (Fsp3) is 0.333. The standard InChI is InChI=1S/C27H28N6O5/c1-14-30-20-7-3-15(11-22(20)37-14)18-13-29-24-23(18)26(38-17-5-6-17)33-27(32-24)31-19-8-4-16(12-21(19)36-2)25(35)28-9-10-34/h3-4,7-8,11-12,17-18,34H,5-6,9-10,13H2,1-2H3,(H,28,35)(H2,29,31,32,33). The second-order valence-electron chi connectivity index (χ2n) is 9.34. The Morgan fingerprint density at radius 1 is 1.18 bits per heavy atom. The lowest BCUT2D eigenvalue weighted by atomic mass is 9.94. The first-order valence-corrected chi connectivity index (χ1v) is 12.6. The number of carbonyl (C=O) groups is 1. The van der Waals surface area contributed by atoms with Gasteiger partial charge in [0.2, 0.25) is 11.8 Å². The van der Waals surface area contributed by atoms with E-state index in [0.717, 1.165) is 35.1 Å². The molecule has 0 spiro atoms. The average Bonchev–Trinajstić information content (AvgIpc) is 3.49. The second-order valence-corrected chi connectivity index (χ2v) is 9.34. The summed E-state index contributed by atoms with van der Waals surface area (Å²) < 4.78 is 17.5. The zero-order valence-electron chi connectivity index (χ0n) is 21.1. The van der Waals surface area contributed by atoms with Gasteiger partial charge in [-0.2, -0.15) is 9.97 Å². The monoisotopic (exact) mass is 516 g/mol. The van der Waals surface area contributed by atoms with Crippen LogP contribution in [-0.4, -0.2) is 58.9 Å². The summed E-state index contributed by atoms with van der Waals surface area (Å²) in [4.78, 5) is 26.2. The van der Waals surface area contributed by atoms with E-state index in [-0.39, 0.29) is 31.1 Å². The van der Waals surface area contributed by atoms with E-state index in [0.29, 0.717) is 47.1 Å². The molecule has 1 fully saturated rings. The highest BCUT2D eigenvalue weighted by molar-refractivity contribution is 5.95. The van der Waals surface area contributed by atoms with E-state index in [1.165, 1.54) is 7.11 Å². The molecule has 4 aromatic rings. The first kappa shape index (κ1) is 24.0. The molecule has 38 heavy (non-hydrogen) atoms. The third-order valence-electron chi connectivity index (χ3n) is 6.56. The second kappa shape index (κ2) is 9.82. The molecule has 1 aliphatic carbocycles. The Kier molecular flexibility index (Phi) is 6.20. The van der Waals surface area contributed by atoms with Gasteiger partial charge in [-0.15, -0.1) is 0 Å². The molecule has 196 valence electrons. The summed E-state index contributed by atoms with van der Waals surface area (Å²) in [5, 5.41) is 18.2. The van der Waals surface area contributed by atoms with Crippen LogP contribution in [0.25, 0.3) is 11.1 Å². The van der Waals surface area contributed by atoms with Gasteiger partial charge in [0.25, 0.3) is 5.91 Å². The Balaban J connectivity index is 1.32. The molecule has 6 rings (SSSR count). The van der Waals surface area contributed by atoms with Crippen molar-refractivity contribution in [3.63, 3.8) is 0 Å². The maximum Gasteiger partial charge on any atom is 0.251 e. The van der Waals surface area contributed by atoms with Crippen molar-refractivity contribution in [2.24, 2.45) is 0 Å². The lowest BCUT2D eigenvalue weighted by Gasteiger charge is -2.16. The first-order valence-electron chi connectivity index (χ1n) is 12.6. The number of aliphatic hydroxyl groups is 1. The van der Waals surface area contributed by atoms with E-state index in [4.69, 9.17) is 29.0 Å². The summed E-state index contributed by atoms with van der Waals surface area (Å²) in [7, 11) is 1.53. The van der Waals surface area contributed by atoms with Gasteiger partial charge in [0.15, 0.2) is 11.5 Å². The van der Waals surface area contributed by atoms with Gasteiger partial charge in [0, 0.05) is 31.5 Å². The zero-order chi connectivity index (χ0) is 26.2. The molecule has 0 bridgehead atoms. The van der Waals surface area contributed by atoms with Crippen molar-refractivity contribution < 1.29 is 23.8 Å². The van der Waals surface area contributed by atoms with Crippen molar-refractivity contribution in [2.75, 3.05) is 37.4 Å². The van der Waals surface area contributed by atoms with Crippen LogP contribution in [0.4, 0.5) is 17.5 Å². The van der Waals surface area contributed by atoms with Crippen LogP contribution in [0.1, 0.15) is 46.1 Å². The highest BCUT2D eigenvalue weighted by Crippen LogP contribution is 2.43. The lowest BCUT2D eigenvalue weighted by molar-refractivity contribution is 0.0944. The number of carbonyl (C=O) groups excluding carboxylic acids is 1. The number of benzene rings is 2. The predicted octanol–water partition coefficient (Wildman–Crippen LogP) is 3.50. The molecule has 2 aliphatic rings. The van der Waals surface area contributed by atoms with E-state index in [2.05, 4.69) is 27.0 Å². The van der Waals surface area contributed by atoms with Crippen molar-refractivity contribution in [2.45, 2.75) is 31.8 Å². The number of aromatic nitrogens is 3. The van der Waals surface area contributed by atoms with Gasteiger partial charge < -0.3 is 34.9 Å². The van der Waals surface area contributed by atoms with E-state index in [9.17, 15) is 4.79 Å². The summed E-state index contributed by atoms with van der Waals surface area (Å²) >= 11 is 0. The lowest BCUT2D eigenvalue weighted by Crippen LogP contribution is -2.26. The molecule has 0 saturated heterocycles. The number of rotatable bonds is 9. The number of hydrogen-bond acceptors (Lipinski definition) is 10. The predicted molar refractivity (Wildman–Crippen MR) is 140 cm³/mol. The molecule has 11 nitrogen and oxygen atoms in total. The number of nitrogens with zero attached hydrogens (tertiary/aromatic N) is 3. The van der Waals surface area contributed by atoms with Crippen LogP contribution >= 0.6 is 0 Å². The number of nitrogens with one attached hydrogen (secondary N) is 3. The van der Waals surface area contributed by atoms with Crippen molar-refractivity contribution in [1.82, 2.24) is 20.3 Å². The molecule has 11 heteroatoms. The molecular weight excluding hydrogens is 488 g/mol. The topological polar surface area (TPSA) is 144 Å². The Morgan fingerprint density at radius 3 is 2.84 bits per heavy atom. The molecule has 1 saturated carbocycles. The Hall–Kier alpha value is -4.38. The van der Waals surface area contributed by atoms with Crippen LogP contribution in [0.15, 0.2) is 40.8 Å². The van der Waals surface area contributed by atoms with Crippen molar-refractivity contribution in [3.05, 3.63) is 59.0 Å². The Labute approximate surface area is 218 Å². The number of aliphatic hydroxyl groups excluding tert-OH is 1. The third kappa shape index (κ3) is 4.68. The van der Waals surface area contributed by atoms with Gasteiger partial charge in [-0.05, 0) is 48.7 Å². The number of amides is 1. The molecule has 1 atom stereocenters. The number of oxazole rings is 1. The summed E-state index contributed by atoms with van der Waals surface area (Å²) in [6, 6.07) is 11.1. The van der Waals surface area contributed by atoms with Gasteiger partial charge in [-0.3, -0.25) is 4.79 Å². The Morgan fingerprint density at radius 2 is 2.05 bits per heavy atom. The van der Waals surface area contributed by atoms with E-state index in [1.807, 2.05) is 19.1 Å². The number of ether oxygens (including phenoxy) is 2. The van der Waals surface area contributed by atoms with E-state index >= 15 is 0 Å². The maximum absolute atomic E-state index is 12.3. The van der Waals surface area contributed by atoms with Crippen molar-refractivity contribution in [1.29, 1.82) is 0 Å². The van der Waals surface area contributed by atoms with Crippen LogP contribution in [-0.2, 0) is 0 Å². The largest absolute Gasteiger partial charge is 0.495 e. The average molecular weight is 517 g/mol. The maximum atomic E-state index is 12.3. The summed E-state index contributed by atoms with van der Waals surface area (Å²) in [6.07, 6.45) is 2.14. The first-order chi connectivity index (χ1) is 18.5. The molecule has 4 N–H and O–H groups in total. The minimum Gasteiger partial charge on any atom is -0.495 e. The number of hydrogen-bond donors (Lipinski definition) is 4. The van der Waals surface area contributed by atoms with Gasteiger partial charge in [0.1, 0.15) is 23.2 Å². The summed E-state index contributed by atoms with van der Waals surface area (Å²) in [5.74, 6) is 2.38. The molecule has 1 amide bonds. The molecule has 3 heterocycles.